The van der Waals surface area contributed by atoms with Gasteiger partial charge in [0.15, 0.2) is 0 Å². The standard InChI is InChI=1S/C23H25N3O5S/c1-5-31-22(29)18-15-8-6-7-9-17(15)32-21(18)26-12(2)10-14(13(26)3)11-16-19(27)24-23(30)25(4)20(16)28/h10-11H,5-9H2,1-4H3,(H,24,27,30). The molecule has 8 nitrogen and oxygen atoms in total. The van der Waals surface area contributed by atoms with Crippen LogP contribution in [0.15, 0.2) is 11.6 Å². The molecule has 2 aromatic heterocycles. The zero-order chi connectivity index (χ0) is 23.2. The van der Waals surface area contributed by atoms with Gasteiger partial charge in [-0.1, -0.05) is 0 Å². The molecule has 1 saturated heterocycles. The van der Waals surface area contributed by atoms with Crippen molar-refractivity contribution in [1.82, 2.24) is 14.8 Å². The number of aryl methyl sites for hydroxylation is 2. The van der Waals surface area contributed by atoms with Gasteiger partial charge >= 0.3 is 12.0 Å². The van der Waals surface area contributed by atoms with Gasteiger partial charge in [0.1, 0.15) is 10.6 Å². The minimum absolute atomic E-state index is 0.108. The second-order valence-electron chi connectivity index (χ2n) is 7.95. The molecule has 2 aliphatic rings. The number of nitrogens with one attached hydrogen (secondary N) is 1. The number of imide groups is 2. The first kappa shape index (κ1) is 22.0. The van der Waals surface area contributed by atoms with E-state index in [2.05, 4.69) is 5.32 Å². The van der Waals surface area contributed by atoms with Crippen molar-refractivity contribution in [3.8, 4) is 5.00 Å². The summed E-state index contributed by atoms with van der Waals surface area (Å²) in [5, 5.41) is 2.97. The molecule has 4 amide bonds. The molecule has 1 fully saturated rings. The Labute approximate surface area is 189 Å². The van der Waals surface area contributed by atoms with Gasteiger partial charge < -0.3 is 9.30 Å². The molecule has 0 bridgehead atoms. The number of hydrogen-bond acceptors (Lipinski definition) is 6. The van der Waals surface area contributed by atoms with Crippen LogP contribution in [0.4, 0.5) is 4.79 Å². The van der Waals surface area contributed by atoms with Gasteiger partial charge in [-0.2, -0.15) is 0 Å². The Kier molecular flexibility index (Phi) is 5.77. The van der Waals surface area contributed by atoms with Crippen LogP contribution in [0.5, 0.6) is 0 Å². The summed E-state index contributed by atoms with van der Waals surface area (Å²) in [5.41, 5.74) is 3.91. The van der Waals surface area contributed by atoms with Crippen molar-refractivity contribution in [1.29, 1.82) is 0 Å². The molecule has 0 saturated carbocycles. The third-order valence-corrected chi connectivity index (χ3v) is 7.19. The van der Waals surface area contributed by atoms with Gasteiger partial charge in [0, 0.05) is 23.3 Å². The van der Waals surface area contributed by atoms with E-state index >= 15 is 0 Å². The third kappa shape index (κ3) is 3.56. The normalized spacial score (nSPS) is 17.6. The van der Waals surface area contributed by atoms with Crippen LogP contribution in [0, 0.1) is 13.8 Å². The van der Waals surface area contributed by atoms with Crippen LogP contribution in [0.25, 0.3) is 11.1 Å². The molecular weight excluding hydrogens is 430 g/mol. The first-order chi connectivity index (χ1) is 15.2. The second kappa shape index (κ2) is 8.38. The lowest BCUT2D eigenvalue weighted by atomic mass is 9.95. The maximum Gasteiger partial charge on any atom is 0.341 e. The largest absolute Gasteiger partial charge is 0.462 e. The summed E-state index contributed by atoms with van der Waals surface area (Å²) >= 11 is 1.60. The molecule has 0 atom stereocenters. The van der Waals surface area contributed by atoms with Gasteiger partial charge in [-0.25, -0.2) is 9.59 Å². The van der Waals surface area contributed by atoms with E-state index in [9.17, 15) is 19.2 Å². The molecular formula is C23H25N3O5S. The van der Waals surface area contributed by atoms with Crippen LogP contribution in [0.1, 0.15) is 57.5 Å². The van der Waals surface area contributed by atoms with Gasteiger partial charge in [0.2, 0.25) is 0 Å². The molecule has 168 valence electrons. The number of nitrogens with zero attached hydrogens (tertiary/aromatic N) is 2. The summed E-state index contributed by atoms with van der Waals surface area (Å²) in [7, 11) is 1.32. The first-order valence-corrected chi connectivity index (χ1v) is 11.4. The highest BCUT2D eigenvalue weighted by atomic mass is 32.1. The number of esters is 1. The van der Waals surface area contributed by atoms with E-state index in [1.54, 1.807) is 18.3 Å². The first-order valence-electron chi connectivity index (χ1n) is 10.6. The summed E-state index contributed by atoms with van der Waals surface area (Å²) in [6.45, 7) is 5.89. The molecule has 1 N–H and O–H groups in total. The van der Waals surface area contributed by atoms with E-state index in [-0.39, 0.29) is 11.5 Å². The predicted molar refractivity (Wildman–Crippen MR) is 120 cm³/mol. The van der Waals surface area contributed by atoms with Crippen molar-refractivity contribution in [3.63, 3.8) is 0 Å². The molecule has 3 heterocycles. The van der Waals surface area contributed by atoms with E-state index in [0.29, 0.717) is 17.7 Å². The predicted octanol–water partition coefficient (Wildman–Crippen LogP) is 3.30. The average molecular weight is 456 g/mol. The van der Waals surface area contributed by atoms with Crippen molar-refractivity contribution >= 4 is 41.2 Å². The maximum absolute atomic E-state index is 12.9. The Morgan fingerprint density at radius 2 is 1.94 bits per heavy atom. The summed E-state index contributed by atoms with van der Waals surface area (Å²) in [6, 6.07) is 1.12. The number of amides is 4. The highest BCUT2D eigenvalue weighted by molar-refractivity contribution is 7.15. The van der Waals surface area contributed by atoms with Gasteiger partial charge in [-0.3, -0.25) is 19.8 Å². The van der Waals surface area contributed by atoms with E-state index in [1.807, 2.05) is 24.5 Å². The average Bonchev–Trinajstić information content (AvgIpc) is 3.26. The number of rotatable bonds is 4. The fourth-order valence-corrected chi connectivity index (χ4v) is 5.76. The molecule has 2 aromatic rings. The summed E-state index contributed by atoms with van der Waals surface area (Å²) < 4.78 is 7.37. The number of barbiturate groups is 1. The van der Waals surface area contributed by atoms with Crippen LogP contribution < -0.4 is 5.32 Å². The minimum Gasteiger partial charge on any atom is -0.462 e. The van der Waals surface area contributed by atoms with E-state index in [0.717, 1.165) is 52.5 Å². The van der Waals surface area contributed by atoms with Crippen molar-refractivity contribution in [3.05, 3.63) is 44.6 Å². The Bertz CT molecular complexity index is 1190. The summed E-state index contributed by atoms with van der Waals surface area (Å²) in [4.78, 5) is 51.4. The summed E-state index contributed by atoms with van der Waals surface area (Å²) in [5.74, 6) is -1.69. The number of ether oxygens (including phenoxy) is 1. The number of carbonyl (C=O) groups excluding carboxylic acids is 4. The van der Waals surface area contributed by atoms with E-state index < -0.39 is 17.8 Å². The highest BCUT2D eigenvalue weighted by Crippen LogP contribution is 2.39. The van der Waals surface area contributed by atoms with Crippen molar-refractivity contribution < 1.29 is 23.9 Å². The van der Waals surface area contributed by atoms with Gasteiger partial charge in [0.25, 0.3) is 11.8 Å². The Morgan fingerprint density at radius 1 is 1.22 bits per heavy atom. The molecule has 9 heteroatoms. The van der Waals surface area contributed by atoms with E-state index in [4.69, 9.17) is 4.74 Å². The Morgan fingerprint density at radius 3 is 2.66 bits per heavy atom. The van der Waals surface area contributed by atoms with Crippen LogP contribution in [0.3, 0.4) is 0 Å². The SMILES string of the molecule is CCOC(=O)c1c(-n2c(C)cc(C=C3C(=O)NC(=O)N(C)C3=O)c2C)sc2c1CCCC2. The number of fused-ring (bicyclic) bond motifs is 1. The monoisotopic (exact) mass is 455 g/mol. The number of hydrogen-bond donors (Lipinski definition) is 1. The smallest absolute Gasteiger partial charge is 0.341 e. The molecule has 0 unspecified atom stereocenters. The van der Waals surface area contributed by atoms with Gasteiger partial charge in [0.05, 0.1) is 12.2 Å². The van der Waals surface area contributed by atoms with Crippen LogP contribution in [-0.2, 0) is 27.2 Å². The lowest BCUT2D eigenvalue weighted by Crippen LogP contribution is -2.52. The maximum atomic E-state index is 12.9. The molecule has 0 radical (unpaired) electrons. The fourth-order valence-electron chi connectivity index (χ4n) is 4.27. The Balaban J connectivity index is 1.84. The topological polar surface area (TPSA) is 97.7 Å². The van der Waals surface area contributed by atoms with Gasteiger partial charge in [-0.05, 0) is 69.7 Å². The van der Waals surface area contributed by atoms with Gasteiger partial charge in [-0.15, -0.1) is 11.3 Å². The van der Waals surface area contributed by atoms with Crippen LogP contribution >= 0.6 is 11.3 Å². The minimum atomic E-state index is -0.745. The van der Waals surface area contributed by atoms with Crippen molar-refractivity contribution in [2.45, 2.75) is 46.5 Å². The number of thiophene rings is 1. The number of aromatic nitrogens is 1. The van der Waals surface area contributed by atoms with Crippen LogP contribution in [0.2, 0.25) is 0 Å². The molecule has 1 aliphatic heterocycles. The lowest BCUT2D eigenvalue weighted by molar-refractivity contribution is -0.129. The van der Waals surface area contributed by atoms with Crippen LogP contribution in [-0.4, -0.2) is 46.9 Å². The zero-order valence-electron chi connectivity index (χ0n) is 18.5. The quantitative estimate of drug-likeness (QED) is 0.433. The summed E-state index contributed by atoms with van der Waals surface area (Å²) in [6.07, 6.45) is 5.43. The zero-order valence-corrected chi connectivity index (χ0v) is 19.4. The van der Waals surface area contributed by atoms with E-state index in [1.165, 1.54) is 18.0 Å². The lowest BCUT2D eigenvalue weighted by Gasteiger charge is -2.22. The number of carbonyl (C=O) groups is 4. The number of likely N-dealkylation sites (N-methyl/N-ethyl adjacent to an activating group) is 1. The number of urea groups is 1. The Hall–Kier alpha value is -3.20. The molecule has 32 heavy (non-hydrogen) atoms. The van der Waals surface area contributed by atoms with Crippen molar-refractivity contribution in [2.24, 2.45) is 0 Å². The second-order valence-corrected chi connectivity index (χ2v) is 9.04. The molecule has 0 aromatic carbocycles. The molecule has 1 aliphatic carbocycles. The highest BCUT2D eigenvalue weighted by Gasteiger charge is 2.34. The molecule has 4 rings (SSSR count). The molecule has 0 spiro atoms. The fraction of sp³-hybridized carbons (Fsp3) is 0.391. The van der Waals surface area contributed by atoms with Crippen molar-refractivity contribution in [2.75, 3.05) is 13.7 Å². The third-order valence-electron chi connectivity index (χ3n) is 5.91.